The average Bonchev–Trinajstić information content (AvgIpc) is 3.42. The largest absolute Gasteiger partial charge is 0.454 e. The standard InChI is InChI=1S/C21H24N2O2S/c1-15(18-8-9-18)23(13-16-5-3-2-4-6-16)21(26)22-12-17-7-10-19-20(11-17)25-14-24-19/h2-7,10-11,15,18H,8-9,12-14H2,1H3,(H,22,26)/t15-/m1/s1. The van der Waals surface area contributed by atoms with Crippen LogP contribution in [0, 0.1) is 5.92 Å². The zero-order valence-corrected chi connectivity index (χ0v) is 15.8. The molecular weight excluding hydrogens is 344 g/mol. The van der Waals surface area contributed by atoms with Gasteiger partial charge in [0.2, 0.25) is 6.79 Å². The number of rotatable bonds is 6. The predicted molar refractivity (Wildman–Crippen MR) is 106 cm³/mol. The van der Waals surface area contributed by atoms with Crippen LogP contribution >= 0.6 is 12.2 Å². The Morgan fingerprint density at radius 3 is 2.65 bits per heavy atom. The second kappa shape index (κ2) is 7.54. The van der Waals surface area contributed by atoms with Gasteiger partial charge in [-0.15, -0.1) is 0 Å². The molecule has 26 heavy (non-hydrogen) atoms. The lowest BCUT2D eigenvalue weighted by Gasteiger charge is -2.32. The Kier molecular flexibility index (Phi) is 4.98. The Balaban J connectivity index is 1.42. The van der Waals surface area contributed by atoms with Gasteiger partial charge in [-0.25, -0.2) is 0 Å². The van der Waals surface area contributed by atoms with Crippen molar-refractivity contribution in [2.24, 2.45) is 5.92 Å². The van der Waals surface area contributed by atoms with Gasteiger partial charge in [0.05, 0.1) is 0 Å². The maximum atomic E-state index is 5.76. The van der Waals surface area contributed by atoms with Gasteiger partial charge >= 0.3 is 0 Å². The van der Waals surface area contributed by atoms with Crippen LogP contribution in [0.3, 0.4) is 0 Å². The Bertz CT molecular complexity index is 777. The van der Waals surface area contributed by atoms with E-state index in [1.54, 1.807) is 0 Å². The maximum Gasteiger partial charge on any atom is 0.231 e. The third-order valence-corrected chi connectivity index (χ3v) is 5.51. The normalized spacial score (nSPS) is 16.2. The summed E-state index contributed by atoms with van der Waals surface area (Å²) in [4.78, 5) is 2.33. The van der Waals surface area contributed by atoms with Crippen molar-refractivity contribution < 1.29 is 9.47 Å². The molecule has 0 aromatic heterocycles. The summed E-state index contributed by atoms with van der Waals surface area (Å²) in [6, 6.07) is 17.0. The fraction of sp³-hybridized carbons (Fsp3) is 0.381. The van der Waals surface area contributed by atoms with Gasteiger partial charge in [0, 0.05) is 19.1 Å². The summed E-state index contributed by atoms with van der Waals surface area (Å²) in [5.41, 5.74) is 2.42. The van der Waals surface area contributed by atoms with E-state index in [-0.39, 0.29) is 0 Å². The van der Waals surface area contributed by atoms with Gasteiger partial charge in [0.15, 0.2) is 16.6 Å². The van der Waals surface area contributed by atoms with Crippen LogP contribution in [0.1, 0.15) is 30.9 Å². The number of nitrogens with one attached hydrogen (secondary N) is 1. The molecule has 1 saturated carbocycles. The summed E-state index contributed by atoms with van der Waals surface area (Å²) < 4.78 is 10.8. The van der Waals surface area contributed by atoms with E-state index in [0.717, 1.165) is 34.6 Å². The first-order valence-electron chi connectivity index (χ1n) is 9.17. The molecule has 0 radical (unpaired) electrons. The summed E-state index contributed by atoms with van der Waals surface area (Å²) >= 11 is 5.76. The van der Waals surface area contributed by atoms with Crippen molar-refractivity contribution in [1.29, 1.82) is 0 Å². The molecule has 2 aromatic rings. The van der Waals surface area contributed by atoms with E-state index < -0.39 is 0 Å². The molecule has 136 valence electrons. The molecule has 0 amide bonds. The highest BCUT2D eigenvalue weighted by atomic mass is 32.1. The summed E-state index contributed by atoms with van der Waals surface area (Å²) in [5, 5.41) is 4.25. The molecular formula is C21H24N2O2S. The van der Waals surface area contributed by atoms with Crippen LogP contribution < -0.4 is 14.8 Å². The second-order valence-corrected chi connectivity index (χ2v) is 7.42. The zero-order valence-electron chi connectivity index (χ0n) is 15.0. The number of hydrogen-bond donors (Lipinski definition) is 1. The van der Waals surface area contributed by atoms with E-state index >= 15 is 0 Å². The lowest BCUT2D eigenvalue weighted by atomic mass is 10.1. The van der Waals surface area contributed by atoms with Gasteiger partial charge in [-0.1, -0.05) is 36.4 Å². The molecule has 1 atom stereocenters. The number of nitrogens with zero attached hydrogens (tertiary/aromatic N) is 1. The molecule has 4 rings (SSSR count). The third-order valence-electron chi connectivity index (χ3n) is 5.13. The molecule has 0 spiro atoms. The quantitative estimate of drug-likeness (QED) is 0.777. The average molecular weight is 369 g/mol. The molecule has 1 heterocycles. The van der Waals surface area contributed by atoms with Crippen molar-refractivity contribution in [2.45, 2.75) is 38.9 Å². The Labute approximate surface area is 160 Å². The molecule has 2 aliphatic rings. The maximum absolute atomic E-state index is 5.76. The van der Waals surface area contributed by atoms with E-state index in [1.807, 2.05) is 18.2 Å². The van der Waals surface area contributed by atoms with E-state index in [0.29, 0.717) is 19.4 Å². The van der Waals surface area contributed by atoms with Crippen LogP contribution in [0.25, 0.3) is 0 Å². The fourth-order valence-corrected chi connectivity index (χ4v) is 3.65. The number of thiocarbonyl (C=S) groups is 1. The minimum absolute atomic E-state index is 0.300. The summed E-state index contributed by atoms with van der Waals surface area (Å²) in [6.45, 7) is 4.10. The molecule has 1 N–H and O–H groups in total. The SMILES string of the molecule is C[C@H](C1CC1)N(Cc1ccccc1)C(=S)NCc1ccc2c(c1)OCO2. The molecule has 5 heteroatoms. The van der Waals surface area contributed by atoms with Crippen molar-refractivity contribution in [1.82, 2.24) is 10.2 Å². The summed E-state index contributed by atoms with van der Waals surface area (Å²) in [7, 11) is 0. The number of ether oxygens (including phenoxy) is 2. The molecule has 4 nitrogen and oxygen atoms in total. The van der Waals surface area contributed by atoms with E-state index in [4.69, 9.17) is 21.7 Å². The van der Waals surface area contributed by atoms with Crippen LogP contribution in [0.15, 0.2) is 48.5 Å². The van der Waals surface area contributed by atoms with E-state index in [9.17, 15) is 0 Å². The van der Waals surface area contributed by atoms with Crippen molar-refractivity contribution >= 4 is 17.3 Å². The lowest BCUT2D eigenvalue weighted by Crippen LogP contribution is -2.45. The molecule has 1 fully saturated rings. The molecule has 0 saturated heterocycles. The topological polar surface area (TPSA) is 33.7 Å². The van der Waals surface area contributed by atoms with Crippen molar-refractivity contribution in [2.75, 3.05) is 6.79 Å². The van der Waals surface area contributed by atoms with Crippen molar-refractivity contribution in [3.8, 4) is 11.5 Å². The van der Waals surface area contributed by atoms with Gasteiger partial charge in [0.25, 0.3) is 0 Å². The van der Waals surface area contributed by atoms with Crippen LogP contribution in [0.2, 0.25) is 0 Å². The minimum Gasteiger partial charge on any atom is -0.454 e. The first-order chi connectivity index (χ1) is 12.7. The first-order valence-corrected chi connectivity index (χ1v) is 9.58. The summed E-state index contributed by atoms with van der Waals surface area (Å²) in [5.74, 6) is 2.37. The molecule has 1 aliphatic heterocycles. The molecule has 2 aromatic carbocycles. The van der Waals surface area contributed by atoms with Gasteiger partial charge in [0.1, 0.15) is 0 Å². The Morgan fingerprint density at radius 2 is 1.88 bits per heavy atom. The van der Waals surface area contributed by atoms with Gasteiger partial charge < -0.3 is 19.7 Å². The highest BCUT2D eigenvalue weighted by molar-refractivity contribution is 7.80. The van der Waals surface area contributed by atoms with Gasteiger partial charge in [-0.2, -0.15) is 0 Å². The monoisotopic (exact) mass is 368 g/mol. The first kappa shape index (κ1) is 17.2. The van der Waals surface area contributed by atoms with Crippen LogP contribution in [0.5, 0.6) is 11.5 Å². The number of fused-ring (bicyclic) bond motifs is 1. The van der Waals surface area contributed by atoms with Crippen LogP contribution in [-0.2, 0) is 13.1 Å². The highest BCUT2D eigenvalue weighted by Gasteiger charge is 2.33. The number of hydrogen-bond acceptors (Lipinski definition) is 3. The Hall–Kier alpha value is -2.27. The second-order valence-electron chi connectivity index (χ2n) is 7.04. The molecule has 1 aliphatic carbocycles. The highest BCUT2D eigenvalue weighted by Crippen LogP contribution is 2.36. The van der Waals surface area contributed by atoms with Crippen molar-refractivity contribution in [3.63, 3.8) is 0 Å². The summed E-state index contributed by atoms with van der Waals surface area (Å²) in [6.07, 6.45) is 2.61. The van der Waals surface area contributed by atoms with Gasteiger partial charge in [-0.05, 0) is 61.2 Å². The predicted octanol–water partition coefficient (Wildman–Crippen LogP) is 4.09. The fourth-order valence-electron chi connectivity index (χ4n) is 3.34. The lowest BCUT2D eigenvalue weighted by molar-refractivity contribution is 0.174. The molecule has 0 bridgehead atoms. The third kappa shape index (κ3) is 3.93. The minimum atomic E-state index is 0.300. The van der Waals surface area contributed by atoms with E-state index in [1.165, 1.54) is 18.4 Å². The van der Waals surface area contributed by atoms with Gasteiger partial charge in [-0.3, -0.25) is 0 Å². The smallest absolute Gasteiger partial charge is 0.231 e. The van der Waals surface area contributed by atoms with Crippen LogP contribution in [0.4, 0.5) is 0 Å². The number of benzene rings is 2. The Morgan fingerprint density at radius 1 is 1.12 bits per heavy atom. The van der Waals surface area contributed by atoms with Crippen molar-refractivity contribution in [3.05, 3.63) is 59.7 Å². The zero-order chi connectivity index (χ0) is 17.9. The molecule has 0 unspecified atom stereocenters. The van der Waals surface area contributed by atoms with Crippen LogP contribution in [-0.4, -0.2) is 22.8 Å². The van der Waals surface area contributed by atoms with E-state index in [2.05, 4.69) is 47.5 Å².